The van der Waals surface area contributed by atoms with E-state index in [1.807, 2.05) is 0 Å². The Bertz CT molecular complexity index is 664. The normalized spacial score (nSPS) is 10.2. The molecule has 104 valence electrons. The number of benzene rings is 1. The maximum absolute atomic E-state index is 13.3. The highest BCUT2D eigenvalue weighted by molar-refractivity contribution is 6.30. The molecule has 0 radical (unpaired) electrons. The van der Waals surface area contributed by atoms with Gasteiger partial charge in [-0.2, -0.15) is 0 Å². The molecule has 1 aromatic carbocycles. The molecule has 0 spiro atoms. The van der Waals surface area contributed by atoms with E-state index in [0.717, 1.165) is 18.3 Å². The Balaban J connectivity index is 2.27. The van der Waals surface area contributed by atoms with Crippen LogP contribution in [-0.2, 0) is 0 Å². The van der Waals surface area contributed by atoms with Gasteiger partial charge in [-0.3, -0.25) is 4.79 Å². The zero-order valence-corrected chi connectivity index (χ0v) is 11.1. The quantitative estimate of drug-likeness (QED) is 0.914. The molecule has 0 atom stereocenters. The number of nitrogens with one attached hydrogen (secondary N) is 2. The summed E-state index contributed by atoms with van der Waals surface area (Å²) >= 11 is 5.55. The second-order valence-electron chi connectivity index (χ2n) is 3.88. The number of anilines is 2. The van der Waals surface area contributed by atoms with Crippen LogP contribution < -0.4 is 10.6 Å². The highest BCUT2D eigenvalue weighted by Gasteiger charge is 2.14. The number of carbonyl (C=O) groups is 1. The van der Waals surface area contributed by atoms with E-state index in [-0.39, 0.29) is 22.1 Å². The van der Waals surface area contributed by atoms with Gasteiger partial charge in [0.1, 0.15) is 17.5 Å². The van der Waals surface area contributed by atoms with Gasteiger partial charge in [0.05, 0.1) is 16.8 Å². The number of halogens is 3. The van der Waals surface area contributed by atoms with Gasteiger partial charge in [0.25, 0.3) is 5.91 Å². The van der Waals surface area contributed by atoms with E-state index in [1.54, 1.807) is 7.05 Å². The zero-order chi connectivity index (χ0) is 14.7. The molecule has 0 saturated carbocycles. The molecule has 7 heteroatoms. The Kier molecular flexibility index (Phi) is 4.14. The number of pyridine rings is 1. The van der Waals surface area contributed by atoms with Crippen molar-refractivity contribution in [3.8, 4) is 0 Å². The average molecular weight is 298 g/mol. The molecule has 20 heavy (non-hydrogen) atoms. The van der Waals surface area contributed by atoms with E-state index < -0.39 is 17.5 Å². The maximum Gasteiger partial charge on any atom is 0.259 e. The summed E-state index contributed by atoms with van der Waals surface area (Å²) in [5, 5.41) is 5.07. The second kappa shape index (κ2) is 5.83. The van der Waals surface area contributed by atoms with Crippen molar-refractivity contribution in [1.29, 1.82) is 0 Å². The minimum atomic E-state index is -0.657. The number of nitrogens with zero attached hydrogens (tertiary/aromatic N) is 1. The molecule has 0 aliphatic rings. The molecule has 0 aliphatic heterocycles. The Labute approximate surface area is 118 Å². The molecule has 0 fully saturated rings. The van der Waals surface area contributed by atoms with Crippen molar-refractivity contribution in [2.45, 2.75) is 0 Å². The lowest BCUT2D eigenvalue weighted by molar-refractivity contribution is 0.102. The van der Waals surface area contributed by atoms with Crippen molar-refractivity contribution in [2.75, 3.05) is 17.7 Å². The van der Waals surface area contributed by atoms with Crippen molar-refractivity contribution in [2.24, 2.45) is 0 Å². The summed E-state index contributed by atoms with van der Waals surface area (Å²) in [6.07, 6.45) is 0.991. The van der Waals surface area contributed by atoms with Crippen molar-refractivity contribution in [1.82, 2.24) is 4.98 Å². The molecule has 1 aromatic heterocycles. The van der Waals surface area contributed by atoms with Crippen LogP contribution in [0, 0.1) is 11.6 Å². The molecule has 1 amide bonds. The summed E-state index contributed by atoms with van der Waals surface area (Å²) in [6, 6.07) is 4.87. The zero-order valence-electron chi connectivity index (χ0n) is 10.4. The van der Waals surface area contributed by atoms with Crippen LogP contribution in [0.4, 0.5) is 20.3 Å². The lowest BCUT2D eigenvalue weighted by Crippen LogP contribution is -2.15. The third kappa shape index (κ3) is 3.03. The number of aromatic nitrogens is 1. The molecular formula is C13H10ClF2N3O. The number of rotatable bonds is 3. The smallest absolute Gasteiger partial charge is 0.259 e. The van der Waals surface area contributed by atoms with E-state index in [2.05, 4.69) is 15.6 Å². The molecule has 0 aliphatic carbocycles. The minimum Gasteiger partial charge on any atom is -0.372 e. The SMILES string of the molecule is CNc1ncc(F)cc1C(=O)Nc1ccc(Cl)c(F)c1. The highest BCUT2D eigenvalue weighted by atomic mass is 35.5. The van der Waals surface area contributed by atoms with Gasteiger partial charge >= 0.3 is 0 Å². The first-order valence-electron chi connectivity index (χ1n) is 5.61. The Morgan fingerprint density at radius 3 is 2.70 bits per heavy atom. The molecule has 2 N–H and O–H groups in total. The average Bonchev–Trinajstić information content (AvgIpc) is 2.43. The predicted molar refractivity (Wildman–Crippen MR) is 73.1 cm³/mol. The van der Waals surface area contributed by atoms with Gasteiger partial charge in [-0.15, -0.1) is 0 Å². The first kappa shape index (κ1) is 14.2. The molecule has 2 aromatic rings. The van der Waals surface area contributed by atoms with Crippen molar-refractivity contribution >= 4 is 29.0 Å². The number of carbonyl (C=O) groups excluding carboxylic acids is 1. The maximum atomic E-state index is 13.3. The van der Waals surface area contributed by atoms with Crippen LogP contribution in [0.15, 0.2) is 30.5 Å². The summed E-state index contributed by atoms with van der Waals surface area (Å²) in [7, 11) is 1.55. The van der Waals surface area contributed by atoms with E-state index in [0.29, 0.717) is 0 Å². The fourth-order valence-electron chi connectivity index (χ4n) is 1.58. The van der Waals surface area contributed by atoms with Crippen LogP contribution in [0.5, 0.6) is 0 Å². The molecule has 1 heterocycles. The van der Waals surface area contributed by atoms with Crippen LogP contribution in [0.1, 0.15) is 10.4 Å². The van der Waals surface area contributed by atoms with E-state index in [4.69, 9.17) is 11.6 Å². The second-order valence-corrected chi connectivity index (χ2v) is 4.29. The Morgan fingerprint density at radius 1 is 1.30 bits per heavy atom. The van der Waals surface area contributed by atoms with Crippen molar-refractivity contribution in [3.63, 3.8) is 0 Å². The van der Waals surface area contributed by atoms with Gasteiger partial charge in [0.15, 0.2) is 0 Å². The van der Waals surface area contributed by atoms with Crippen LogP contribution >= 0.6 is 11.6 Å². The molecule has 0 saturated heterocycles. The molecule has 4 nitrogen and oxygen atoms in total. The molecular weight excluding hydrogens is 288 g/mol. The highest BCUT2D eigenvalue weighted by Crippen LogP contribution is 2.20. The van der Waals surface area contributed by atoms with Crippen molar-refractivity contribution in [3.05, 3.63) is 52.7 Å². The molecule has 2 rings (SSSR count). The van der Waals surface area contributed by atoms with Gasteiger partial charge in [-0.05, 0) is 24.3 Å². The largest absolute Gasteiger partial charge is 0.372 e. The summed E-state index contributed by atoms with van der Waals surface area (Å²) < 4.78 is 26.4. The van der Waals surface area contributed by atoms with Crippen LogP contribution in [0.25, 0.3) is 0 Å². The summed E-state index contributed by atoms with van der Waals surface area (Å²) in [5.74, 6) is -1.69. The minimum absolute atomic E-state index is 0.0165. The summed E-state index contributed by atoms with van der Waals surface area (Å²) in [6.45, 7) is 0. The van der Waals surface area contributed by atoms with Crippen LogP contribution in [-0.4, -0.2) is 17.9 Å². The first-order valence-corrected chi connectivity index (χ1v) is 5.98. The first-order chi connectivity index (χ1) is 9.51. The standard InChI is InChI=1S/C13H10ClF2N3O/c1-17-12-9(4-7(15)6-18-12)13(20)19-8-2-3-10(14)11(16)5-8/h2-6H,1H3,(H,17,18)(H,19,20). The monoisotopic (exact) mass is 297 g/mol. The van der Waals surface area contributed by atoms with Gasteiger partial charge in [-0.1, -0.05) is 11.6 Å². The lowest BCUT2D eigenvalue weighted by atomic mass is 10.2. The van der Waals surface area contributed by atoms with E-state index >= 15 is 0 Å². The van der Waals surface area contributed by atoms with Gasteiger partial charge < -0.3 is 10.6 Å². The summed E-state index contributed by atoms with van der Waals surface area (Å²) in [4.78, 5) is 15.8. The number of hydrogen-bond donors (Lipinski definition) is 2. The third-order valence-electron chi connectivity index (χ3n) is 2.51. The van der Waals surface area contributed by atoms with Gasteiger partial charge in [0.2, 0.25) is 0 Å². The van der Waals surface area contributed by atoms with Gasteiger partial charge in [-0.25, -0.2) is 13.8 Å². The molecule has 0 unspecified atom stereocenters. The Hall–Kier alpha value is -2.21. The van der Waals surface area contributed by atoms with Crippen molar-refractivity contribution < 1.29 is 13.6 Å². The fourth-order valence-corrected chi connectivity index (χ4v) is 1.70. The third-order valence-corrected chi connectivity index (χ3v) is 2.82. The number of hydrogen-bond acceptors (Lipinski definition) is 3. The van der Waals surface area contributed by atoms with E-state index in [9.17, 15) is 13.6 Å². The van der Waals surface area contributed by atoms with E-state index in [1.165, 1.54) is 12.1 Å². The van der Waals surface area contributed by atoms with Crippen LogP contribution in [0.2, 0.25) is 5.02 Å². The Morgan fingerprint density at radius 2 is 2.05 bits per heavy atom. The fraction of sp³-hybridized carbons (Fsp3) is 0.0769. The number of amides is 1. The summed E-state index contributed by atoms with van der Waals surface area (Å²) in [5.41, 5.74) is 0.228. The topological polar surface area (TPSA) is 54.0 Å². The lowest BCUT2D eigenvalue weighted by Gasteiger charge is -2.09. The van der Waals surface area contributed by atoms with Crippen LogP contribution in [0.3, 0.4) is 0 Å². The van der Waals surface area contributed by atoms with Gasteiger partial charge in [0, 0.05) is 12.7 Å². The predicted octanol–water partition coefficient (Wildman–Crippen LogP) is 3.31. The molecule has 0 bridgehead atoms.